The van der Waals surface area contributed by atoms with E-state index in [1.807, 2.05) is 0 Å². The molecule has 106 valence electrons. The van der Waals surface area contributed by atoms with E-state index in [2.05, 4.69) is 25.6 Å². The molecule has 20 heavy (non-hydrogen) atoms. The van der Waals surface area contributed by atoms with Gasteiger partial charge in [-0.1, -0.05) is 17.7 Å². The molecule has 0 atom stereocenters. The van der Waals surface area contributed by atoms with Gasteiger partial charge in [0.2, 0.25) is 0 Å². The average Bonchev–Trinajstić information content (AvgIpc) is 2.33. The number of rotatable bonds is 3. The van der Waals surface area contributed by atoms with Crippen LogP contribution < -0.4 is 10.5 Å². The Bertz CT molecular complexity index is 770. The number of benzene rings is 1. The molecule has 2 aromatic rings. The third kappa shape index (κ3) is 3.20. The second kappa shape index (κ2) is 5.55. The highest BCUT2D eigenvalue weighted by Gasteiger charge is 2.22. The molecule has 5 nitrogen and oxygen atoms in total. The molecule has 0 spiro atoms. The number of hydrogen-bond acceptors (Lipinski definition) is 4. The van der Waals surface area contributed by atoms with Crippen molar-refractivity contribution in [2.24, 2.45) is 0 Å². The quantitative estimate of drug-likeness (QED) is 0.633. The first-order chi connectivity index (χ1) is 9.29. The van der Waals surface area contributed by atoms with Gasteiger partial charge in [0.1, 0.15) is 15.9 Å². The second-order valence-corrected chi connectivity index (χ2v) is 6.66. The molecule has 0 radical (unpaired) electrons. The third-order valence-corrected chi connectivity index (χ3v) is 4.40. The predicted octanol–water partition coefficient (Wildman–Crippen LogP) is 3.02. The molecule has 0 aliphatic rings. The molecular formula is C11H8BrClFN3O2S. The Morgan fingerprint density at radius 3 is 2.70 bits per heavy atom. The molecule has 0 bridgehead atoms. The minimum Gasteiger partial charge on any atom is -0.399 e. The Kier molecular flexibility index (Phi) is 4.17. The first-order valence-corrected chi connectivity index (χ1v) is 7.85. The lowest BCUT2D eigenvalue weighted by Gasteiger charge is -2.10. The molecule has 0 saturated heterocycles. The van der Waals surface area contributed by atoms with Crippen LogP contribution in [0.5, 0.6) is 0 Å². The SMILES string of the molecule is Nc1cc(Br)c(F)c(S(=O)(=O)Nc2cccc(Cl)n2)c1. The van der Waals surface area contributed by atoms with Crippen molar-refractivity contribution in [3.05, 3.63) is 45.8 Å². The summed E-state index contributed by atoms with van der Waals surface area (Å²) < 4.78 is 40.2. The van der Waals surface area contributed by atoms with Crippen molar-refractivity contribution >= 4 is 49.1 Å². The van der Waals surface area contributed by atoms with E-state index in [1.165, 1.54) is 24.3 Å². The van der Waals surface area contributed by atoms with Gasteiger partial charge in [-0.2, -0.15) is 0 Å². The lowest BCUT2D eigenvalue weighted by Crippen LogP contribution is -2.16. The Labute approximate surface area is 128 Å². The molecule has 1 heterocycles. The molecule has 3 N–H and O–H groups in total. The third-order valence-electron chi connectivity index (χ3n) is 2.26. The Morgan fingerprint density at radius 2 is 2.05 bits per heavy atom. The van der Waals surface area contributed by atoms with Crippen LogP contribution in [-0.2, 0) is 10.0 Å². The summed E-state index contributed by atoms with van der Waals surface area (Å²) in [4.78, 5) is 3.19. The summed E-state index contributed by atoms with van der Waals surface area (Å²) in [6.45, 7) is 0. The zero-order chi connectivity index (χ0) is 14.9. The Morgan fingerprint density at radius 1 is 1.35 bits per heavy atom. The van der Waals surface area contributed by atoms with E-state index in [1.54, 1.807) is 0 Å². The van der Waals surface area contributed by atoms with Gasteiger partial charge in [0.15, 0.2) is 5.82 Å². The van der Waals surface area contributed by atoms with Crippen molar-refractivity contribution in [3.8, 4) is 0 Å². The molecule has 2 rings (SSSR count). The monoisotopic (exact) mass is 379 g/mol. The fraction of sp³-hybridized carbons (Fsp3) is 0. The minimum atomic E-state index is -4.16. The zero-order valence-electron chi connectivity index (χ0n) is 9.77. The normalized spacial score (nSPS) is 11.3. The van der Waals surface area contributed by atoms with E-state index < -0.39 is 20.7 Å². The molecule has 1 aromatic heterocycles. The summed E-state index contributed by atoms with van der Waals surface area (Å²) >= 11 is 8.56. The summed E-state index contributed by atoms with van der Waals surface area (Å²) in [5, 5.41) is 0.111. The van der Waals surface area contributed by atoms with Gasteiger partial charge in [-0.3, -0.25) is 4.72 Å². The van der Waals surface area contributed by atoms with Crippen molar-refractivity contribution < 1.29 is 12.8 Å². The van der Waals surface area contributed by atoms with Crippen LogP contribution in [0, 0.1) is 5.82 Å². The van der Waals surface area contributed by atoms with Crippen LogP contribution in [-0.4, -0.2) is 13.4 Å². The van der Waals surface area contributed by atoms with E-state index in [4.69, 9.17) is 17.3 Å². The van der Waals surface area contributed by atoms with Gasteiger partial charge in [0.25, 0.3) is 10.0 Å². The van der Waals surface area contributed by atoms with Crippen LogP contribution in [0.2, 0.25) is 5.15 Å². The number of nitrogens with one attached hydrogen (secondary N) is 1. The van der Waals surface area contributed by atoms with Gasteiger partial charge in [0, 0.05) is 5.69 Å². The number of aromatic nitrogens is 1. The summed E-state index contributed by atoms with van der Waals surface area (Å²) in [7, 11) is -4.16. The van der Waals surface area contributed by atoms with Crippen molar-refractivity contribution in [1.82, 2.24) is 4.98 Å². The number of anilines is 2. The zero-order valence-corrected chi connectivity index (χ0v) is 12.9. The summed E-state index contributed by atoms with van der Waals surface area (Å²) in [6.07, 6.45) is 0. The highest BCUT2D eigenvalue weighted by Crippen LogP contribution is 2.27. The van der Waals surface area contributed by atoms with Crippen molar-refractivity contribution in [1.29, 1.82) is 0 Å². The number of nitrogens with zero attached hydrogens (tertiary/aromatic N) is 1. The molecule has 0 amide bonds. The summed E-state index contributed by atoms with van der Waals surface area (Å²) in [5.74, 6) is -0.954. The van der Waals surface area contributed by atoms with Gasteiger partial charge in [-0.15, -0.1) is 0 Å². The van der Waals surface area contributed by atoms with Crippen LogP contribution in [0.25, 0.3) is 0 Å². The van der Waals surface area contributed by atoms with E-state index in [9.17, 15) is 12.8 Å². The maximum absolute atomic E-state index is 13.9. The summed E-state index contributed by atoms with van der Waals surface area (Å²) in [5.41, 5.74) is 5.63. The Balaban J connectivity index is 2.46. The molecule has 0 fully saturated rings. The fourth-order valence-corrected chi connectivity index (χ4v) is 3.35. The topological polar surface area (TPSA) is 85.1 Å². The standard InChI is InChI=1S/C11H8BrClFN3O2S/c12-7-4-6(15)5-8(11(7)14)20(18,19)17-10-3-1-2-9(13)16-10/h1-5H,15H2,(H,16,17). The number of hydrogen-bond donors (Lipinski definition) is 2. The number of halogens is 3. The first kappa shape index (κ1) is 15.0. The molecule has 9 heteroatoms. The molecule has 0 saturated carbocycles. The second-order valence-electron chi connectivity index (χ2n) is 3.77. The highest BCUT2D eigenvalue weighted by atomic mass is 79.9. The van der Waals surface area contributed by atoms with Crippen LogP contribution in [0.3, 0.4) is 0 Å². The van der Waals surface area contributed by atoms with E-state index in [0.29, 0.717) is 0 Å². The average molecular weight is 381 g/mol. The molecule has 0 unspecified atom stereocenters. The maximum Gasteiger partial charge on any atom is 0.266 e. The molecule has 0 aliphatic carbocycles. The number of nitrogens with two attached hydrogens (primary N) is 1. The molecule has 0 aliphatic heterocycles. The van der Waals surface area contributed by atoms with E-state index >= 15 is 0 Å². The number of pyridine rings is 1. The van der Waals surface area contributed by atoms with Crippen molar-refractivity contribution in [2.75, 3.05) is 10.5 Å². The smallest absolute Gasteiger partial charge is 0.266 e. The predicted molar refractivity (Wildman–Crippen MR) is 78.6 cm³/mol. The van der Waals surface area contributed by atoms with E-state index in [-0.39, 0.29) is 21.1 Å². The van der Waals surface area contributed by atoms with Gasteiger partial charge in [-0.05, 0) is 40.2 Å². The minimum absolute atomic E-state index is 0.0181. The maximum atomic E-state index is 13.9. The van der Waals surface area contributed by atoms with Crippen molar-refractivity contribution in [3.63, 3.8) is 0 Å². The van der Waals surface area contributed by atoms with Crippen LogP contribution in [0.15, 0.2) is 39.7 Å². The fourth-order valence-electron chi connectivity index (χ4n) is 1.44. The van der Waals surface area contributed by atoms with Crippen molar-refractivity contribution in [2.45, 2.75) is 4.90 Å². The van der Waals surface area contributed by atoms with E-state index in [0.717, 1.165) is 6.07 Å². The van der Waals surface area contributed by atoms with Gasteiger partial charge in [-0.25, -0.2) is 17.8 Å². The lowest BCUT2D eigenvalue weighted by molar-refractivity contribution is 0.566. The first-order valence-electron chi connectivity index (χ1n) is 5.19. The number of sulfonamides is 1. The molecule has 1 aromatic carbocycles. The van der Waals surface area contributed by atoms with Gasteiger partial charge < -0.3 is 5.73 Å². The largest absolute Gasteiger partial charge is 0.399 e. The highest BCUT2D eigenvalue weighted by molar-refractivity contribution is 9.10. The molecular weight excluding hydrogens is 373 g/mol. The van der Waals surface area contributed by atoms with Crippen LogP contribution in [0.1, 0.15) is 0 Å². The van der Waals surface area contributed by atoms with Crippen LogP contribution >= 0.6 is 27.5 Å². The van der Waals surface area contributed by atoms with Gasteiger partial charge >= 0.3 is 0 Å². The summed E-state index contributed by atoms with van der Waals surface area (Å²) in [6, 6.07) is 6.68. The Hall–Kier alpha value is -1.38. The number of nitrogen functional groups attached to an aromatic ring is 1. The lowest BCUT2D eigenvalue weighted by atomic mass is 10.3. The van der Waals surface area contributed by atoms with Crippen LogP contribution in [0.4, 0.5) is 15.9 Å². The van der Waals surface area contributed by atoms with Gasteiger partial charge in [0.05, 0.1) is 4.47 Å².